The van der Waals surface area contributed by atoms with Crippen LogP contribution in [0, 0.1) is 0 Å². The third kappa shape index (κ3) is 3.44. The fraction of sp³-hybridized carbons (Fsp3) is 0.167. The molecule has 2 aromatic carbocycles. The number of carbonyl (C=O) groups excluding carboxylic acids is 1. The molecule has 0 aliphatic carbocycles. The number of ether oxygens (including phenoxy) is 3. The summed E-state index contributed by atoms with van der Waals surface area (Å²) in [5.41, 5.74) is 1.49. The summed E-state index contributed by atoms with van der Waals surface area (Å²) < 4.78 is 20.4. The number of methoxy groups -OCH3 is 3. The third-order valence-corrected chi connectivity index (χ3v) is 3.73. The molecule has 0 fully saturated rings. The Bertz CT molecular complexity index is 905. The molecular weight excluding hydrogens is 338 g/mol. The molecule has 0 saturated carbocycles. The summed E-state index contributed by atoms with van der Waals surface area (Å²) in [6, 6.07) is 11.9. The van der Waals surface area contributed by atoms with Crippen LogP contribution >= 0.6 is 0 Å². The first-order chi connectivity index (χ1) is 12.7. The molecule has 0 unspecified atom stereocenters. The number of carbonyl (C=O) groups is 1. The maximum atomic E-state index is 12.4. The van der Waals surface area contributed by atoms with Crippen molar-refractivity contribution in [3.05, 3.63) is 48.0 Å². The van der Waals surface area contributed by atoms with E-state index in [1.165, 1.54) is 7.11 Å². The molecule has 0 aliphatic heterocycles. The van der Waals surface area contributed by atoms with Crippen LogP contribution in [-0.4, -0.2) is 37.5 Å². The zero-order valence-electron chi connectivity index (χ0n) is 14.5. The Morgan fingerprint density at radius 2 is 1.65 bits per heavy atom. The van der Waals surface area contributed by atoms with Crippen LogP contribution < -0.4 is 19.5 Å². The Morgan fingerprint density at radius 1 is 0.923 bits per heavy atom. The SMILES string of the molecule is COc1ccc(C(=O)Nc2nonc2-c2ccc(OC)c(OC)c2)cc1. The average Bonchev–Trinajstić information content (AvgIpc) is 3.15. The second-order valence-corrected chi connectivity index (χ2v) is 5.21. The summed E-state index contributed by atoms with van der Waals surface area (Å²) in [5, 5.41) is 10.3. The van der Waals surface area contributed by atoms with Crippen molar-refractivity contribution in [3.8, 4) is 28.5 Å². The topological polar surface area (TPSA) is 95.7 Å². The van der Waals surface area contributed by atoms with Crippen molar-refractivity contribution in [2.45, 2.75) is 0 Å². The van der Waals surface area contributed by atoms with Crippen LogP contribution in [-0.2, 0) is 0 Å². The number of rotatable bonds is 6. The summed E-state index contributed by atoms with van der Waals surface area (Å²) >= 11 is 0. The minimum atomic E-state index is -0.343. The fourth-order valence-corrected chi connectivity index (χ4v) is 2.37. The van der Waals surface area contributed by atoms with Gasteiger partial charge in [-0.05, 0) is 52.8 Å². The predicted molar refractivity (Wildman–Crippen MR) is 93.8 cm³/mol. The number of hydrogen-bond acceptors (Lipinski definition) is 7. The van der Waals surface area contributed by atoms with Gasteiger partial charge in [-0.15, -0.1) is 0 Å². The molecule has 1 amide bonds. The standard InChI is InChI=1S/C18H17N3O5/c1-23-13-7-4-11(5-8-13)18(22)19-17-16(20-26-21-17)12-6-9-14(24-2)15(10-12)25-3/h4-10H,1-3H3,(H,19,21,22). The molecule has 3 aromatic rings. The lowest BCUT2D eigenvalue weighted by molar-refractivity contribution is 0.102. The molecule has 0 radical (unpaired) electrons. The lowest BCUT2D eigenvalue weighted by atomic mass is 10.1. The van der Waals surface area contributed by atoms with E-state index in [0.717, 1.165) is 0 Å². The van der Waals surface area contributed by atoms with Gasteiger partial charge in [0.2, 0.25) is 5.82 Å². The van der Waals surface area contributed by atoms with E-state index in [9.17, 15) is 4.79 Å². The van der Waals surface area contributed by atoms with Gasteiger partial charge in [0.05, 0.1) is 21.3 Å². The Balaban J connectivity index is 1.85. The van der Waals surface area contributed by atoms with E-state index < -0.39 is 0 Å². The number of anilines is 1. The van der Waals surface area contributed by atoms with Gasteiger partial charge in [0, 0.05) is 11.1 Å². The average molecular weight is 355 g/mol. The van der Waals surface area contributed by atoms with Gasteiger partial charge in [-0.3, -0.25) is 4.79 Å². The number of aromatic nitrogens is 2. The quantitative estimate of drug-likeness (QED) is 0.726. The summed E-state index contributed by atoms with van der Waals surface area (Å²) in [4.78, 5) is 12.4. The van der Waals surface area contributed by atoms with Gasteiger partial charge in [0.1, 0.15) is 5.75 Å². The lowest BCUT2D eigenvalue weighted by Gasteiger charge is -2.09. The molecule has 0 bridgehead atoms. The number of amides is 1. The van der Waals surface area contributed by atoms with E-state index in [1.807, 2.05) is 0 Å². The molecule has 3 rings (SSSR count). The van der Waals surface area contributed by atoms with Crippen molar-refractivity contribution >= 4 is 11.7 Å². The Kier molecular flexibility index (Phi) is 5.02. The van der Waals surface area contributed by atoms with Crippen molar-refractivity contribution in [2.24, 2.45) is 0 Å². The Labute approximate surface area is 149 Å². The molecule has 0 saturated heterocycles. The summed E-state index contributed by atoms with van der Waals surface area (Å²) in [6.45, 7) is 0. The molecule has 0 atom stereocenters. The Morgan fingerprint density at radius 3 is 2.31 bits per heavy atom. The molecule has 1 heterocycles. The van der Waals surface area contributed by atoms with Crippen LogP contribution in [0.2, 0.25) is 0 Å². The van der Waals surface area contributed by atoms with Gasteiger partial charge in [-0.2, -0.15) is 0 Å². The van der Waals surface area contributed by atoms with E-state index in [0.29, 0.717) is 34.1 Å². The summed E-state index contributed by atoms with van der Waals surface area (Å²) in [6.07, 6.45) is 0. The van der Waals surface area contributed by atoms with Crippen molar-refractivity contribution in [2.75, 3.05) is 26.6 Å². The van der Waals surface area contributed by atoms with Crippen molar-refractivity contribution in [1.29, 1.82) is 0 Å². The number of nitrogens with one attached hydrogen (secondary N) is 1. The lowest BCUT2D eigenvalue weighted by Crippen LogP contribution is -2.12. The molecule has 0 spiro atoms. The van der Waals surface area contributed by atoms with Gasteiger partial charge < -0.3 is 19.5 Å². The highest BCUT2D eigenvalue weighted by atomic mass is 16.6. The van der Waals surface area contributed by atoms with Gasteiger partial charge in [-0.1, -0.05) is 0 Å². The third-order valence-electron chi connectivity index (χ3n) is 3.73. The van der Waals surface area contributed by atoms with E-state index in [-0.39, 0.29) is 11.7 Å². The second-order valence-electron chi connectivity index (χ2n) is 5.21. The van der Waals surface area contributed by atoms with Crippen LogP contribution in [0.5, 0.6) is 17.2 Å². The largest absolute Gasteiger partial charge is 0.497 e. The zero-order chi connectivity index (χ0) is 18.5. The molecule has 1 aromatic heterocycles. The summed E-state index contributed by atoms with van der Waals surface area (Å²) in [5.74, 6) is 1.63. The minimum Gasteiger partial charge on any atom is -0.497 e. The van der Waals surface area contributed by atoms with Crippen molar-refractivity contribution < 1.29 is 23.6 Å². The normalized spacial score (nSPS) is 10.3. The van der Waals surface area contributed by atoms with E-state index in [4.69, 9.17) is 18.8 Å². The number of nitrogens with zero attached hydrogens (tertiary/aromatic N) is 2. The predicted octanol–water partition coefficient (Wildman–Crippen LogP) is 3.01. The highest BCUT2D eigenvalue weighted by molar-refractivity contribution is 6.05. The number of benzene rings is 2. The highest BCUT2D eigenvalue weighted by Crippen LogP contribution is 2.33. The molecule has 8 heteroatoms. The van der Waals surface area contributed by atoms with Crippen LogP contribution in [0.4, 0.5) is 5.82 Å². The molecule has 134 valence electrons. The van der Waals surface area contributed by atoms with Crippen LogP contribution in [0.1, 0.15) is 10.4 Å². The van der Waals surface area contributed by atoms with Crippen LogP contribution in [0.25, 0.3) is 11.3 Å². The maximum Gasteiger partial charge on any atom is 0.256 e. The van der Waals surface area contributed by atoms with Gasteiger partial charge in [0.25, 0.3) is 5.91 Å². The van der Waals surface area contributed by atoms with Gasteiger partial charge in [-0.25, -0.2) is 4.63 Å². The smallest absolute Gasteiger partial charge is 0.256 e. The maximum absolute atomic E-state index is 12.4. The molecule has 0 aliphatic rings. The first kappa shape index (κ1) is 17.3. The minimum absolute atomic E-state index is 0.207. The van der Waals surface area contributed by atoms with E-state index in [1.54, 1.807) is 56.7 Å². The molecule has 8 nitrogen and oxygen atoms in total. The second kappa shape index (κ2) is 7.56. The molecule has 26 heavy (non-hydrogen) atoms. The van der Waals surface area contributed by atoms with Crippen molar-refractivity contribution in [1.82, 2.24) is 10.3 Å². The van der Waals surface area contributed by atoms with Crippen LogP contribution in [0.15, 0.2) is 47.1 Å². The van der Waals surface area contributed by atoms with Gasteiger partial charge in [0.15, 0.2) is 17.2 Å². The number of hydrogen-bond donors (Lipinski definition) is 1. The molecule has 1 N–H and O–H groups in total. The van der Waals surface area contributed by atoms with E-state index >= 15 is 0 Å². The van der Waals surface area contributed by atoms with Gasteiger partial charge >= 0.3 is 0 Å². The highest BCUT2D eigenvalue weighted by Gasteiger charge is 2.18. The summed E-state index contributed by atoms with van der Waals surface area (Å²) in [7, 11) is 4.65. The van der Waals surface area contributed by atoms with Crippen molar-refractivity contribution in [3.63, 3.8) is 0 Å². The van der Waals surface area contributed by atoms with Crippen LogP contribution in [0.3, 0.4) is 0 Å². The first-order valence-corrected chi connectivity index (χ1v) is 7.66. The monoisotopic (exact) mass is 355 g/mol. The molecular formula is C18H17N3O5. The fourth-order valence-electron chi connectivity index (χ4n) is 2.37. The zero-order valence-corrected chi connectivity index (χ0v) is 14.5. The Hall–Kier alpha value is -3.55. The first-order valence-electron chi connectivity index (χ1n) is 7.66. The van der Waals surface area contributed by atoms with E-state index in [2.05, 4.69) is 15.6 Å².